The van der Waals surface area contributed by atoms with Crippen LogP contribution in [-0.4, -0.2) is 60.1 Å². The average Bonchev–Trinajstić information content (AvgIpc) is 2.70. The third-order valence-electron chi connectivity index (χ3n) is 4.06. The van der Waals surface area contributed by atoms with Crippen molar-refractivity contribution in [2.24, 2.45) is 0 Å². The van der Waals surface area contributed by atoms with Crippen molar-refractivity contribution in [3.05, 3.63) is 54.6 Å². The van der Waals surface area contributed by atoms with Gasteiger partial charge in [0.25, 0.3) is 10.0 Å². The summed E-state index contributed by atoms with van der Waals surface area (Å²) in [5, 5.41) is 2.79. The molecule has 0 heterocycles. The van der Waals surface area contributed by atoms with Gasteiger partial charge in [-0.2, -0.15) is 0 Å². The van der Waals surface area contributed by atoms with Gasteiger partial charge in [0.1, 0.15) is 12.3 Å². The van der Waals surface area contributed by atoms with E-state index in [0.717, 1.165) is 17.3 Å². The lowest BCUT2D eigenvalue weighted by Gasteiger charge is -2.24. The van der Waals surface area contributed by atoms with E-state index in [4.69, 9.17) is 4.74 Å². The topological polar surface area (TPSA) is 79.0 Å². The zero-order valence-electron chi connectivity index (χ0n) is 16.5. The van der Waals surface area contributed by atoms with Crippen LogP contribution < -0.4 is 14.4 Å². The molecule has 152 valence electrons. The van der Waals surface area contributed by atoms with Gasteiger partial charge in [-0.05, 0) is 51.3 Å². The summed E-state index contributed by atoms with van der Waals surface area (Å²) in [7, 11) is 1.51. The van der Waals surface area contributed by atoms with Crippen molar-refractivity contribution in [2.45, 2.75) is 11.3 Å². The van der Waals surface area contributed by atoms with Crippen LogP contribution in [0.25, 0.3) is 0 Å². The molecule has 7 nitrogen and oxygen atoms in total. The predicted molar refractivity (Wildman–Crippen MR) is 110 cm³/mol. The van der Waals surface area contributed by atoms with Gasteiger partial charge in [-0.25, -0.2) is 8.42 Å². The second-order valence-corrected chi connectivity index (χ2v) is 8.40. The Balaban J connectivity index is 2.25. The summed E-state index contributed by atoms with van der Waals surface area (Å²) in [6.07, 6.45) is 0.781. The fraction of sp³-hybridized carbons (Fsp3) is 0.350. The van der Waals surface area contributed by atoms with Crippen LogP contribution in [0.15, 0.2) is 59.5 Å². The second-order valence-electron chi connectivity index (χ2n) is 6.53. The molecule has 0 aromatic heterocycles. The van der Waals surface area contributed by atoms with Crippen LogP contribution >= 0.6 is 0 Å². The number of sulfonamides is 1. The van der Waals surface area contributed by atoms with Gasteiger partial charge in [0.05, 0.1) is 17.7 Å². The molecule has 1 amide bonds. The first-order valence-corrected chi connectivity index (χ1v) is 10.4. The molecule has 8 heteroatoms. The zero-order chi connectivity index (χ0) is 20.6. The third kappa shape index (κ3) is 5.97. The molecule has 28 heavy (non-hydrogen) atoms. The third-order valence-corrected chi connectivity index (χ3v) is 5.85. The zero-order valence-corrected chi connectivity index (χ0v) is 17.3. The number of ether oxygens (including phenoxy) is 1. The number of amides is 1. The highest BCUT2D eigenvalue weighted by molar-refractivity contribution is 7.92. The molecule has 0 atom stereocenters. The van der Waals surface area contributed by atoms with Gasteiger partial charge < -0.3 is 15.0 Å². The number of nitrogens with one attached hydrogen (secondary N) is 1. The number of benzene rings is 2. The van der Waals surface area contributed by atoms with Crippen molar-refractivity contribution in [3.8, 4) is 5.75 Å². The largest absolute Gasteiger partial charge is 0.497 e. The lowest BCUT2D eigenvalue weighted by Crippen LogP contribution is -2.41. The van der Waals surface area contributed by atoms with Gasteiger partial charge in [0, 0.05) is 12.6 Å². The van der Waals surface area contributed by atoms with E-state index in [1.165, 1.54) is 19.2 Å². The molecule has 0 fully saturated rings. The summed E-state index contributed by atoms with van der Waals surface area (Å²) in [6, 6.07) is 14.7. The van der Waals surface area contributed by atoms with Gasteiger partial charge in [0.15, 0.2) is 0 Å². The normalized spacial score (nSPS) is 11.3. The Morgan fingerprint density at radius 2 is 1.79 bits per heavy atom. The summed E-state index contributed by atoms with van der Waals surface area (Å²) in [4.78, 5) is 14.6. The summed E-state index contributed by atoms with van der Waals surface area (Å²) in [5.74, 6) is 0.151. The lowest BCUT2D eigenvalue weighted by atomic mass is 10.3. The smallest absolute Gasteiger partial charge is 0.264 e. The minimum Gasteiger partial charge on any atom is -0.497 e. The predicted octanol–water partition coefficient (Wildman–Crippen LogP) is 1.96. The summed E-state index contributed by atoms with van der Waals surface area (Å²) in [6.45, 7) is 1.00. The molecule has 0 bridgehead atoms. The van der Waals surface area contributed by atoms with Crippen molar-refractivity contribution in [1.82, 2.24) is 10.2 Å². The number of anilines is 1. The van der Waals surface area contributed by atoms with Gasteiger partial charge >= 0.3 is 0 Å². The number of nitrogens with zero attached hydrogens (tertiary/aromatic N) is 2. The fourth-order valence-corrected chi connectivity index (χ4v) is 4.04. The fourth-order valence-electron chi connectivity index (χ4n) is 2.61. The molecule has 0 aliphatic heterocycles. The van der Waals surface area contributed by atoms with Crippen molar-refractivity contribution in [2.75, 3.05) is 45.1 Å². The van der Waals surface area contributed by atoms with Gasteiger partial charge in [-0.15, -0.1) is 0 Å². The van der Waals surface area contributed by atoms with E-state index in [1.54, 1.807) is 42.5 Å². The quantitative estimate of drug-likeness (QED) is 0.612. The van der Waals surface area contributed by atoms with Gasteiger partial charge in [0.2, 0.25) is 5.91 Å². The van der Waals surface area contributed by atoms with E-state index < -0.39 is 10.0 Å². The molecule has 0 saturated carbocycles. The van der Waals surface area contributed by atoms with Crippen molar-refractivity contribution >= 4 is 21.6 Å². The van der Waals surface area contributed by atoms with Crippen molar-refractivity contribution in [1.29, 1.82) is 0 Å². The highest BCUT2D eigenvalue weighted by Gasteiger charge is 2.27. The van der Waals surface area contributed by atoms with Crippen molar-refractivity contribution < 1.29 is 17.9 Å². The molecular formula is C20H27N3O4S. The maximum atomic E-state index is 13.2. The van der Waals surface area contributed by atoms with Crippen LogP contribution in [0.3, 0.4) is 0 Å². The van der Waals surface area contributed by atoms with E-state index in [2.05, 4.69) is 5.32 Å². The summed E-state index contributed by atoms with van der Waals surface area (Å²) >= 11 is 0. The maximum absolute atomic E-state index is 13.2. The van der Waals surface area contributed by atoms with Crippen LogP contribution in [0.1, 0.15) is 6.42 Å². The van der Waals surface area contributed by atoms with Crippen LogP contribution in [0.2, 0.25) is 0 Å². The minimum atomic E-state index is -3.91. The molecule has 0 unspecified atom stereocenters. The van der Waals surface area contributed by atoms with Crippen LogP contribution in [0.5, 0.6) is 5.75 Å². The first-order valence-electron chi connectivity index (χ1n) is 8.98. The SMILES string of the molecule is COc1cccc(N(CC(=O)NCCCN(C)C)S(=O)(=O)c2ccccc2)c1. The van der Waals surface area contributed by atoms with Gasteiger partial charge in [-0.3, -0.25) is 9.10 Å². The molecule has 2 rings (SSSR count). The number of carbonyl (C=O) groups is 1. The van der Waals surface area contributed by atoms with E-state index >= 15 is 0 Å². The monoisotopic (exact) mass is 405 g/mol. The number of methoxy groups -OCH3 is 1. The Kier molecular flexibility index (Phi) is 7.83. The highest BCUT2D eigenvalue weighted by Crippen LogP contribution is 2.26. The molecule has 0 radical (unpaired) electrons. The van der Waals surface area contributed by atoms with E-state index in [1.807, 2.05) is 19.0 Å². The van der Waals surface area contributed by atoms with E-state index in [-0.39, 0.29) is 17.3 Å². The summed E-state index contributed by atoms with van der Waals surface area (Å²) in [5.41, 5.74) is 0.367. The standard InChI is InChI=1S/C20H27N3O4S/c1-22(2)14-8-13-21-20(24)16-23(17-9-7-10-18(15-17)27-3)28(25,26)19-11-5-4-6-12-19/h4-7,9-12,15H,8,13-14,16H2,1-3H3,(H,21,24). The molecule has 1 N–H and O–H groups in total. The number of hydrogen-bond donors (Lipinski definition) is 1. The minimum absolute atomic E-state index is 0.123. The van der Waals surface area contributed by atoms with E-state index in [0.29, 0.717) is 18.0 Å². The Morgan fingerprint density at radius 3 is 2.43 bits per heavy atom. The first kappa shape index (κ1) is 21.7. The van der Waals surface area contributed by atoms with Crippen LogP contribution in [-0.2, 0) is 14.8 Å². The van der Waals surface area contributed by atoms with E-state index in [9.17, 15) is 13.2 Å². The number of hydrogen-bond acceptors (Lipinski definition) is 5. The molecule has 0 aliphatic rings. The molecular weight excluding hydrogens is 378 g/mol. The van der Waals surface area contributed by atoms with Gasteiger partial charge in [-0.1, -0.05) is 24.3 Å². The average molecular weight is 406 g/mol. The number of rotatable bonds is 10. The molecule has 2 aromatic rings. The maximum Gasteiger partial charge on any atom is 0.264 e. The molecule has 0 aliphatic carbocycles. The second kappa shape index (κ2) is 10.1. The van der Waals surface area contributed by atoms with Crippen LogP contribution in [0, 0.1) is 0 Å². The first-order chi connectivity index (χ1) is 13.3. The molecule has 2 aromatic carbocycles. The van der Waals surface area contributed by atoms with Crippen LogP contribution in [0.4, 0.5) is 5.69 Å². The number of carbonyl (C=O) groups excluding carboxylic acids is 1. The Bertz CT molecular complexity index is 870. The molecule has 0 spiro atoms. The Hall–Kier alpha value is -2.58. The Labute approximate surface area is 167 Å². The lowest BCUT2D eigenvalue weighted by molar-refractivity contribution is -0.119. The van der Waals surface area contributed by atoms with Crippen molar-refractivity contribution in [3.63, 3.8) is 0 Å². The summed E-state index contributed by atoms with van der Waals surface area (Å²) < 4.78 is 32.7. The Morgan fingerprint density at radius 1 is 1.07 bits per heavy atom. The highest BCUT2D eigenvalue weighted by atomic mass is 32.2. The molecule has 0 saturated heterocycles.